The lowest BCUT2D eigenvalue weighted by Gasteiger charge is -2.22. The Balaban J connectivity index is 0.000000152. The Morgan fingerprint density at radius 1 is 0.521 bits per heavy atom. The summed E-state index contributed by atoms with van der Waals surface area (Å²) in [5.41, 5.74) is 15.7. The first kappa shape index (κ1) is 35.1. The molecule has 0 bridgehead atoms. The molecule has 0 amide bonds. The lowest BCUT2D eigenvalue weighted by Crippen LogP contribution is -2.24. The third-order valence-corrected chi connectivity index (χ3v) is 13.4. The van der Waals surface area contributed by atoms with Gasteiger partial charge in [0.05, 0.1) is 21.4 Å². The van der Waals surface area contributed by atoms with E-state index in [0.29, 0.717) is 0 Å². The van der Waals surface area contributed by atoms with E-state index in [0.717, 1.165) is 117 Å². The number of nitrogens with zero attached hydrogens (tertiary/aromatic N) is 2. The number of fused-ring (bicyclic) bond motifs is 4. The van der Waals surface area contributed by atoms with Crippen molar-refractivity contribution in [3.63, 3.8) is 0 Å². The van der Waals surface area contributed by atoms with Crippen LogP contribution in [0.4, 0.5) is 0 Å². The molecule has 2 N–H and O–H groups in total. The average molecular weight is 937 g/mol. The van der Waals surface area contributed by atoms with Crippen LogP contribution >= 0.6 is 86.9 Å². The fourth-order valence-corrected chi connectivity index (χ4v) is 9.58. The molecule has 2 aliphatic carbocycles. The summed E-state index contributed by atoms with van der Waals surface area (Å²) in [5, 5.41) is 8.47. The summed E-state index contributed by atoms with van der Waals surface area (Å²) in [7, 11) is 0. The number of nitrogens with one attached hydrogen (secondary N) is 2. The van der Waals surface area contributed by atoms with Crippen molar-refractivity contribution in [1.82, 2.24) is 20.6 Å². The van der Waals surface area contributed by atoms with E-state index in [1.807, 2.05) is 24.5 Å². The molecule has 2 saturated heterocycles. The molecule has 2 fully saturated rings. The number of piperidine rings is 2. The first-order valence-corrected chi connectivity index (χ1v) is 20.3. The summed E-state index contributed by atoms with van der Waals surface area (Å²) in [4.78, 5) is 9.63. The van der Waals surface area contributed by atoms with Gasteiger partial charge in [-0.1, -0.05) is 46.5 Å². The molecule has 0 spiro atoms. The number of aryl methyl sites for hydroxylation is 2. The van der Waals surface area contributed by atoms with Crippen LogP contribution in [0.15, 0.2) is 77.8 Å². The van der Waals surface area contributed by atoms with Crippen LogP contribution in [0.2, 0.25) is 10.0 Å². The summed E-state index contributed by atoms with van der Waals surface area (Å²) in [6.07, 6.45) is 12.0. The second-order valence-corrected chi connectivity index (χ2v) is 16.8. The third-order valence-electron chi connectivity index (χ3n) is 9.68. The van der Waals surface area contributed by atoms with Crippen LogP contribution in [0.1, 0.15) is 70.5 Å². The Morgan fingerprint density at radius 2 is 0.917 bits per heavy atom. The smallest absolute Gasteiger partial charge is 0.0740 e. The molecule has 248 valence electrons. The van der Waals surface area contributed by atoms with Crippen LogP contribution in [0.25, 0.3) is 11.1 Å². The SMILES string of the molecule is Clc1ccc2c(c1Br)CCc1cc(Br)cnc1C2=C1CCNCC1.Clc1ccc2c(c1Br)CCc1cc(Br)cnc1C2=C1CCNCC1. The number of aromatic nitrogens is 2. The zero-order valence-electron chi connectivity index (χ0n) is 26.3. The predicted molar refractivity (Wildman–Crippen MR) is 213 cm³/mol. The predicted octanol–water partition coefficient (Wildman–Crippen LogP) is 11.1. The van der Waals surface area contributed by atoms with Crippen molar-refractivity contribution in [2.24, 2.45) is 0 Å². The zero-order valence-corrected chi connectivity index (χ0v) is 34.1. The summed E-state index contributed by atoms with van der Waals surface area (Å²) < 4.78 is 4.14. The molecule has 4 heterocycles. The molecule has 0 atom stereocenters. The largest absolute Gasteiger partial charge is 0.316 e. The van der Waals surface area contributed by atoms with E-state index in [1.165, 1.54) is 55.7 Å². The van der Waals surface area contributed by atoms with E-state index in [-0.39, 0.29) is 0 Å². The van der Waals surface area contributed by atoms with Gasteiger partial charge in [-0.3, -0.25) is 9.97 Å². The van der Waals surface area contributed by atoms with Crippen molar-refractivity contribution in [2.75, 3.05) is 26.2 Å². The van der Waals surface area contributed by atoms with Gasteiger partial charge >= 0.3 is 0 Å². The van der Waals surface area contributed by atoms with Crippen LogP contribution in [0.3, 0.4) is 0 Å². The average Bonchev–Trinajstić information content (AvgIpc) is 3.37. The molecule has 48 heavy (non-hydrogen) atoms. The monoisotopic (exact) mass is 932 g/mol. The quantitative estimate of drug-likeness (QED) is 0.184. The van der Waals surface area contributed by atoms with Crippen LogP contribution < -0.4 is 10.6 Å². The molecule has 2 aromatic carbocycles. The van der Waals surface area contributed by atoms with E-state index >= 15 is 0 Å². The van der Waals surface area contributed by atoms with Crippen LogP contribution in [0.5, 0.6) is 0 Å². The molecular formula is C38H34Br4Cl2N4. The Hall–Kier alpha value is -1.36. The van der Waals surface area contributed by atoms with Crippen molar-refractivity contribution in [3.05, 3.63) is 133 Å². The second-order valence-electron chi connectivity index (χ2n) is 12.6. The maximum atomic E-state index is 6.37. The number of pyridine rings is 2. The van der Waals surface area contributed by atoms with E-state index in [4.69, 9.17) is 33.2 Å². The van der Waals surface area contributed by atoms with Crippen molar-refractivity contribution in [2.45, 2.75) is 51.4 Å². The lowest BCUT2D eigenvalue weighted by atomic mass is 9.89. The first-order valence-electron chi connectivity index (χ1n) is 16.4. The van der Waals surface area contributed by atoms with Gasteiger partial charge in [-0.2, -0.15) is 0 Å². The number of hydrogen-bond acceptors (Lipinski definition) is 4. The molecule has 10 heteroatoms. The van der Waals surface area contributed by atoms with Crippen LogP contribution in [-0.4, -0.2) is 36.1 Å². The minimum Gasteiger partial charge on any atom is -0.316 e. The standard InChI is InChI=1S/2C19H17Br2ClN2/c2*20-13-9-12-1-2-15-14(3-4-16(22)18(15)21)17(19(12)24-10-13)11-5-7-23-8-6-11/h2*3-4,9-10,23H,1-2,5-8H2. The van der Waals surface area contributed by atoms with Crippen molar-refractivity contribution in [3.8, 4) is 0 Å². The van der Waals surface area contributed by atoms with Gasteiger partial charge in [0.25, 0.3) is 0 Å². The summed E-state index contributed by atoms with van der Waals surface area (Å²) in [5.74, 6) is 0. The van der Waals surface area contributed by atoms with Gasteiger partial charge in [0, 0.05) is 41.4 Å². The minimum absolute atomic E-state index is 0.781. The molecule has 0 saturated carbocycles. The van der Waals surface area contributed by atoms with Gasteiger partial charge < -0.3 is 10.6 Å². The number of halogens is 6. The number of rotatable bonds is 0. The third kappa shape index (κ3) is 7.20. The molecular weight excluding hydrogens is 903 g/mol. The van der Waals surface area contributed by atoms with Crippen molar-refractivity contribution >= 4 is 98.1 Å². The molecule has 0 unspecified atom stereocenters. The van der Waals surface area contributed by atoms with Gasteiger partial charge in [0.2, 0.25) is 0 Å². The van der Waals surface area contributed by atoms with Crippen LogP contribution in [-0.2, 0) is 25.7 Å². The van der Waals surface area contributed by atoms with E-state index in [2.05, 4.69) is 98.6 Å². The normalized spacial score (nSPS) is 17.3. The van der Waals surface area contributed by atoms with Crippen LogP contribution in [0, 0.1) is 0 Å². The highest BCUT2D eigenvalue weighted by Gasteiger charge is 2.27. The summed E-state index contributed by atoms with van der Waals surface area (Å²) in [6.45, 7) is 4.15. The Labute approximate surface area is 326 Å². The van der Waals surface area contributed by atoms with Gasteiger partial charge in [0.1, 0.15) is 0 Å². The van der Waals surface area contributed by atoms with E-state index < -0.39 is 0 Å². The highest BCUT2D eigenvalue weighted by Crippen LogP contribution is 2.43. The molecule has 0 radical (unpaired) electrons. The molecule has 8 rings (SSSR count). The van der Waals surface area contributed by atoms with Crippen molar-refractivity contribution < 1.29 is 0 Å². The highest BCUT2D eigenvalue weighted by atomic mass is 79.9. The second kappa shape index (κ2) is 15.5. The number of benzene rings is 2. The van der Waals surface area contributed by atoms with Crippen molar-refractivity contribution in [1.29, 1.82) is 0 Å². The van der Waals surface area contributed by atoms with E-state index in [1.54, 1.807) is 0 Å². The highest BCUT2D eigenvalue weighted by molar-refractivity contribution is 9.11. The Kier molecular flexibility index (Phi) is 11.3. The van der Waals surface area contributed by atoms with Gasteiger partial charge in [0.15, 0.2) is 0 Å². The minimum atomic E-state index is 0.781. The molecule has 4 aromatic rings. The maximum absolute atomic E-state index is 6.37. The molecule has 2 aliphatic heterocycles. The Morgan fingerprint density at radius 3 is 1.31 bits per heavy atom. The molecule has 2 aromatic heterocycles. The summed E-state index contributed by atoms with van der Waals surface area (Å²) in [6, 6.07) is 12.8. The zero-order chi connectivity index (χ0) is 33.4. The molecule has 4 aliphatic rings. The van der Waals surface area contributed by atoms with E-state index in [9.17, 15) is 0 Å². The number of hydrogen-bond donors (Lipinski definition) is 2. The maximum Gasteiger partial charge on any atom is 0.0740 e. The van der Waals surface area contributed by atoms with Gasteiger partial charge in [-0.25, -0.2) is 0 Å². The fourth-order valence-electron chi connectivity index (χ4n) is 7.38. The Bertz CT molecular complexity index is 1820. The van der Waals surface area contributed by atoms with Gasteiger partial charge in [-0.05, 0) is 199 Å². The lowest BCUT2D eigenvalue weighted by molar-refractivity contribution is 0.611. The van der Waals surface area contributed by atoms with Gasteiger partial charge in [-0.15, -0.1) is 0 Å². The summed E-state index contributed by atoms with van der Waals surface area (Å²) >= 11 is 27.3. The molecule has 4 nitrogen and oxygen atoms in total. The first-order chi connectivity index (χ1) is 23.3. The fraction of sp³-hybridized carbons (Fsp3) is 0.316. The topological polar surface area (TPSA) is 49.8 Å².